The summed E-state index contributed by atoms with van der Waals surface area (Å²) in [5.74, 6) is 0. The van der Waals surface area contributed by atoms with Crippen molar-refractivity contribution in [2.24, 2.45) is 5.41 Å². The molecule has 15 heavy (non-hydrogen) atoms. The maximum absolute atomic E-state index is 12.5. The monoisotopic (exact) mass is 224 g/mol. The molecule has 0 bridgehead atoms. The Morgan fingerprint density at radius 3 is 2.20 bits per heavy atom. The van der Waals surface area contributed by atoms with Gasteiger partial charge in [-0.2, -0.15) is 13.2 Å². The third-order valence-electron chi connectivity index (χ3n) is 2.47. The van der Waals surface area contributed by atoms with Crippen molar-refractivity contribution in [3.8, 4) is 0 Å². The van der Waals surface area contributed by atoms with Crippen molar-refractivity contribution in [2.75, 3.05) is 0 Å². The van der Waals surface area contributed by atoms with E-state index in [0.717, 1.165) is 19.9 Å². The first kappa shape index (κ1) is 14.2. The lowest BCUT2D eigenvalue weighted by atomic mass is 9.83. The summed E-state index contributed by atoms with van der Waals surface area (Å²) in [7, 11) is 0. The van der Waals surface area contributed by atoms with Gasteiger partial charge in [-0.05, 0) is 20.8 Å². The van der Waals surface area contributed by atoms with Crippen LogP contribution in [-0.2, 0) is 4.79 Å². The molecule has 0 amide bonds. The Labute approximate surface area is 86.8 Å². The maximum Gasteiger partial charge on any atom is 0.397 e. The zero-order chi connectivity index (χ0) is 12.3. The smallest absolute Gasteiger partial charge is 0.389 e. The molecule has 0 aliphatic rings. The quantitative estimate of drug-likeness (QED) is 0.588. The summed E-state index contributed by atoms with van der Waals surface area (Å²) < 4.78 is 37.6. The predicted octanol–water partition coefficient (Wildman–Crippen LogP) is 2.47. The van der Waals surface area contributed by atoms with E-state index >= 15 is 0 Å². The number of rotatable bonds is 4. The van der Waals surface area contributed by atoms with Crippen molar-refractivity contribution in [1.29, 1.82) is 0 Å². The van der Waals surface area contributed by atoms with Crippen LogP contribution in [0.4, 0.5) is 13.2 Å². The molecule has 0 fully saturated rings. The van der Waals surface area contributed by atoms with Gasteiger partial charge in [-0.1, -0.05) is 11.6 Å². The second kappa shape index (κ2) is 4.79. The highest BCUT2D eigenvalue weighted by atomic mass is 19.4. The van der Waals surface area contributed by atoms with Crippen LogP contribution >= 0.6 is 0 Å². The van der Waals surface area contributed by atoms with Crippen LogP contribution in [0.3, 0.4) is 0 Å². The average molecular weight is 224 g/mol. The third kappa shape index (κ3) is 3.66. The Bertz CT molecular complexity index is 254. The minimum atomic E-state index is -4.37. The number of hydrogen-bond acceptors (Lipinski definition) is 2. The summed E-state index contributed by atoms with van der Waals surface area (Å²) in [5.41, 5.74) is -1.99. The van der Waals surface area contributed by atoms with Gasteiger partial charge < -0.3 is 9.90 Å². The molecule has 5 heteroatoms. The minimum absolute atomic E-state index is 0.00403. The second-order valence-electron chi connectivity index (χ2n) is 3.94. The second-order valence-corrected chi connectivity index (χ2v) is 3.94. The van der Waals surface area contributed by atoms with E-state index in [1.165, 1.54) is 6.92 Å². The summed E-state index contributed by atoms with van der Waals surface area (Å²) in [6.45, 7) is 3.36. The first-order valence-corrected chi connectivity index (χ1v) is 4.50. The Kier molecular flexibility index (Phi) is 4.52. The molecule has 0 aliphatic heterocycles. The normalized spacial score (nSPS) is 16.3. The highest BCUT2D eigenvalue weighted by molar-refractivity contribution is 5.50. The molecule has 2 nitrogen and oxygen atoms in total. The number of carbonyl (C=O) groups is 1. The summed E-state index contributed by atoms with van der Waals surface area (Å²) in [6, 6.07) is 0. The number of halogens is 3. The first-order chi connectivity index (χ1) is 6.63. The van der Waals surface area contributed by atoms with E-state index in [1.807, 2.05) is 0 Å². The Balaban J connectivity index is 4.83. The van der Waals surface area contributed by atoms with Crippen molar-refractivity contribution < 1.29 is 23.1 Å². The fourth-order valence-electron chi connectivity index (χ4n) is 0.887. The summed E-state index contributed by atoms with van der Waals surface area (Å²) in [5, 5.41) is 9.17. The molecule has 0 aromatic rings. The zero-order valence-corrected chi connectivity index (χ0v) is 8.93. The lowest BCUT2D eigenvalue weighted by molar-refractivity contribution is -0.197. The number of allylic oxidation sites excluding steroid dienone is 1. The molecule has 0 saturated carbocycles. The van der Waals surface area contributed by atoms with Crippen LogP contribution in [0, 0.1) is 5.41 Å². The lowest BCUT2D eigenvalue weighted by Crippen LogP contribution is -2.33. The molecular formula is C10H15F3O2. The molecule has 1 N–H and O–H groups in total. The van der Waals surface area contributed by atoms with Crippen LogP contribution < -0.4 is 0 Å². The topological polar surface area (TPSA) is 37.3 Å². The highest BCUT2D eigenvalue weighted by Gasteiger charge is 2.48. The summed E-state index contributed by atoms with van der Waals surface area (Å²) >= 11 is 0. The van der Waals surface area contributed by atoms with Gasteiger partial charge in [-0.3, -0.25) is 0 Å². The van der Waals surface area contributed by atoms with Gasteiger partial charge in [0.05, 0.1) is 11.5 Å². The fourth-order valence-corrected chi connectivity index (χ4v) is 0.887. The molecule has 88 valence electrons. The van der Waals surface area contributed by atoms with Gasteiger partial charge >= 0.3 is 6.18 Å². The van der Waals surface area contributed by atoms with E-state index in [9.17, 15) is 23.1 Å². The lowest BCUT2D eigenvalue weighted by Gasteiger charge is -2.29. The Morgan fingerprint density at radius 1 is 1.40 bits per heavy atom. The molecule has 1 atom stereocenters. The fraction of sp³-hybridized carbons (Fsp3) is 0.700. The van der Waals surface area contributed by atoms with Gasteiger partial charge in [-0.25, -0.2) is 0 Å². The Morgan fingerprint density at radius 2 is 1.87 bits per heavy atom. The van der Waals surface area contributed by atoms with Crippen LogP contribution in [0.25, 0.3) is 0 Å². The number of aldehydes is 1. The van der Waals surface area contributed by atoms with Gasteiger partial charge in [0.2, 0.25) is 0 Å². The number of carbonyl (C=O) groups excluding carboxylic acids is 1. The van der Waals surface area contributed by atoms with Crippen LogP contribution in [-0.4, -0.2) is 23.7 Å². The molecule has 1 unspecified atom stereocenters. The van der Waals surface area contributed by atoms with E-state index in [2.05, 4.69) is 0 Å². The molecule has 0 spiro atoms. The molecule has 0 aliphatic carbocycles. The highest BCUT2D eigenvalue weighted by Crippen LogP contribution is 2.43. The van der Waals surface area contributed by atoms with Crippen molar-refractivity contribution in [3.63, 3.8) is 0 Å². The molecule has 0 aromatic heterocycles. The average Bonchev–Trinajstić information content (AvgIpc) is 2.02. The number of aliphatic hydroxyl groups is 1. The zero-order valence-electron chi connectivity index (χ0n) is 8.93. The largest absolute Gasteiger partial charge is 0.397 e. The van der Waals surface area contributed by atoms with Gasteiger partial charge in [0.25, 0.3) is 0 Å². The van der Waals surface area contributed by atoms with E-state index < -0.39 is 17.7 Å². The van der Waals surface area contributed by atoms with Gasteiger partial charge in [0.15, 0.2) is 0 Å². The van der Waals surface area contributed by atoms with Crippen molar-refractivity contribution >= 4 is 6.29 Å². The van der Waals surface area contributed by atoms with Crippen LogP contribution in [0.1, 0.15) is 27.2 Å². The number of aliphatic hydroxyl groups excluding tert-OH is 1. The first-order valence-electron chi connectivity index (χ1n) is 4.50. The Hall–Kier alpha value is -0.840. The molecule has 0 heterocycles. The van der Waals surface area contributed by atoms with Crippen LogP contribution in [0.2, 0.25) is 0 Å². The maximum atomic E-state index is 12.5. The SMILES string of the molecule is CC(=CC(O)CC=O)C(C)(C)C(F)(F)F. The van der Waals surface area contributed by atoms with Gasteiger partial charge in [0.1, 0.15) is 6.29 Å². The number of alkyl halides is 3. The van der Waals surface area contributed by atoms with E-state index in [4.69, 9.17) is 0 Å². The molecule has 0 rings (SSSR count). The molecule has 0 radical (unpaired) electrons. The summed E-state index contributed by atoms with van der Waals surface area (Å²) in [4.78, 5) is 10.0. The number of hydrogen-bond donors (Lipinski definition) is 1. The molecule has 0 aromatic carbocycles. The van der Waals surface area contributed by atoms with Crippen molar-refractivity contribution in [2.45, 2.75) is 39.5 Å². The van der Waals surface area contributed by atoms with Crippen LogP contribution in [0.5, 0.6) is 0 Å². The summed E-state index contributed by atoms with van der Waals surface area (Å²) in [6.07, 6.45) is -4.17. The van der Waals surface area contributed by atoms with Gasteiger partial charge in [-0.15, -0.1) is 0 Å². The standard InChI is InChI=1S/C10H15F3O2/c1-7(6-8(15)4-5-14)9(2,3)10(11,12)13/h5-6,8,15H,4H2,1-3H3. The predicted molar refractivity (Wildman–Crippen MR) is 50.3 cm³/mol. The van der Waals surface area contributed by atoms with E-state index in [1.54, 1.807) is 0 Å². The van der Waals surface area contributed by atoms with E-state index in [0.29, 0.717) is 6.29 Å². The van der Waals surface area contributed by atoms with Crippen molar-refractivity contribution in [3.05, 3.63) is 11.6 Å². The van der Waals surface area contributed by atoms with E-state index in [-0.39, 0.29) is 12.0 Å². The third-order valence-corrected chi connectivity index (χ3v) is 2.47. The molecule has 0 saturated heterocycles. The van der Waals surface area contributed by atoms with Crippen molar-refractivity contribution in [1.82, 2.24) is 0 Å². The molecular weight excluding hydrogens is 209 g/mol. The minimum Gasteiger partial charge on any atom is -0.389 e. The van der Waals surface area contributed by atoms with Gasteiger partial charge in [0, 0.05) is 6.42 Å². The van der Waals surface area contributed by atoms with Crippen LogP contribution in [0.15, 0.2) is 11.6 Å².